The van der Waals surface area contributed by atoms with Crippen molar-refractivity contribution in [3.63, 3.8) is 0 Å². The van der Waals surface area contributed by atoms with E-state index in [-0.39, 0.29) is 25.9 Å². The number of aliphatic hydroxyl groups excluding tert-OH is 1. The summed E-state index contributed by atoms with van der Waals surface area (Å²) in [5.41, 5.74) is 0. The number of esters is 3. The predicted octanol–water partition coefficient (Wildman–Crippen LogP) is 19.5. The third kappa shape index (κ3) is 57.9. The first-order chi connectivity index (χ1) is 38.2. The van der Waals surface area contributed by atoms with Crippen LogP contribution in [0.15, 0.2) is 60.8 Å². The number of hydrogen-bond acceptors (Lipinski definition) is 10. The summed E-state index contributed by atoms with van der Waals surface area (Å²) in [5, 5.41) is 9.84. The Morgan fingerprint density at radius 1 is 0.372 bits per heavy atom. The van der Waals surface area contributed by atoms with E-state index in [9.17, 15) is 28.9 Å². The van der Waals surface area contributed by atoms with Gasteiger partial charge >= 0.3 is 25.7 Å². The summed E-state index contributed by atoms with van der Waals surface area (Å²) in [7, 11) is -4.76. The Balaban J connectivity index is 4.72. The molecule has 454 valence electrons. The van der Waals surface area contributed by atoms with Gasteiger partial charge in [-0.25, -0.2) is 4.57 Å². The second-order valence-electron chi connectivity index (χ2n) is 21.6. The van der Waals surface area contributed by atoms with Gasteiger partial charge < -0.3 is 24.2 Å². The minimum absolute atomic E-state index is 0.165. The average molecular weight is 1120 g/mol. The summed E-state index contributed by atoms with van der Waals surface area (Å²) in [6.45, 7) is 4.55. The number of phosphoric acid groups is 1. The number of aliphatic hydroxyl groups is 1. The van der Waals surface area contributed by atoms with Gasteiger partial charge in [0.05, 0.1) is 19.8 Å². The Morgan fingerprint density at radius 2 is 0.667 bits per heavy atom. The molecule has 0 aromatic rings. The molecule has 0 radical (unpaired) electrons. The normalized spacial score (nSPS) is 13.7. The highest BCUT2D eigenvalue weighted by Gasteiger charge is 2.28. The van der Waals surface area contributed by atoms with E-state index in [4.69, 9.17) is 23.3 Å². The van der Waals surface area contributed by atoms with Crippen molar-refractivity contribution >= 4 is 25.7 Å². The lowest BCUT2D eigenvalue weighted by Gasteiger charge is -2.21. The van der Waals surface area contributed by atoms with Gasteiger partial charge in [0, 0.05) is 19.3 Å². The minimum atomic E-state index is -4.76. The number of unbranched alkanes of at least 4 members (excludes halogenated alkanes) is 33. The van der Waals surface area contributed by atoms with E-state index in [2.05, 4.69) is 81.5 Å². The maximum absolute atomic E-state index is 13.0. The van der Waals surface area contributed by atoms with Crippen molar-refractivity contribution < 1.29 is 52.2 Å². The van der Waals surface area contributed by atoms with Crippen LogP contribution in [0, 0.1) is 0 Å². The first-order valence-electron chi connectivity index (χ1n) is 32.2. The number of rotatable bonds is 60. The maximum atomic E-state index is 13.0. The zero-order chi connectivity index (χ0) is 56.9. The topological polar surface area (TPSA) is 155 Å². The third-order valence-corrected chi connectivity index (χ3v) is 14.9. The monoisotopic (exact) mass is 1120 g/mol. The molecule has 0 fully saturated rings. The highest BCUT2D eigenvalue weighted by atomic mass is 31.2. The lowest BCUT2D eigenvalue weighted by molar-refractivity contribution is -0.161. The van der Waals surface area contributed by atoms with Crippen LogP contribution in [0.3, 0.4) is 0 Å². The van der Waals surface area contributed by atoms with Gasteiger partial charge in [0.2, 0.25) is 0 Å². The highest BCUT2D eigenvalue weighted by molar-refractivity contribution is 7.47. The summed E-state index contributed by atoms with van der Waals surface area (Å²) < 4.78 is 39.7. The van der Waals surface area contributed by atoms with Crippen molar-refractivity contribution in [3.8, 4) is 0 Å². The molecule has 0 saturated heterocycles. The molecule has 0 aliphatic rings. The lowest BCUT2D eigenvalue weighted by Crippen LogP contribution is -2.30. The van der Waals surface area contributed by atoms with E-state index in [0.29, 0.717) is 19.3 Å². The minimum Gasteiger partial charge on any atom is -0.462 e. The number of allylic oxidation sites excluding steroid dienone is 10. The van der Waals surface area contributed by atoms with Crippen LogP contribution >= 0.6 is 7.82 Å². The zero-order valence-corrected chi connectivity index (χ0v) is 51.3. The molecule has 12 heteroatoms. The van der Waals surface area contributed by atoms with E-state index in [1.54, 1.807) is 0 Å². The molecule has 78 heavy (non-hydrogen) atoms. The molecule has 0 saturated carbocycles. The molecule has 0 aliphatic heterocycles. The molecule has 11 nitrogen and oxygen atoms in total. The smallest absolute Gasteiger partial charge is 0.462 e. The number of ether oxygens (including phenoxy) is 3. The quantitative estimate of drug-likeness (QED) is 0.0197. The lowest BCUT2D eigenvalue weighted by atomic mass is 10.0. The van der Waals surface area contributed by atoms with Crippen molar-refractivity contribution in [1.82, 2.24) is 0 Å². The molecule has 0 aliphatic carbocycles. The van der Waals surface area contributed by atoms with Crippen LogP contribution in [0.1, 0.15) is 303 Å². The van der Waals surface area contributed by atoms with Crippen LogP contribution in [0.4, 0.5) is 0 Å². The van der Waals surface area contributed by atoms with Gasteiger partial charge in [0.1, 0.15) is 12.7 Å². The Hall–Kier alpha value is -2.82. The van der Waals surface area contributed by atoms with E-state index in [0.717, 1.165) is 109 Å². The molecular weight excluding hydrogens is 1000 g/mol. The van der Waals surface area contributed by atoms with Crippen LogP contribution < -0.4 is 0 Å². The Morgan fingerprint density at radius 3 is 1.04 bits per heavy atom. The first kappa shape index (κ1) is 75.2. The van der Waals surface area contributed by atoms with E-state index in [1.807, 2.05) is 0 Å². The van der Waals surface area contributed by atoms with Gasteiger partial charge in [-0.1, -0.05) is 261 Å². The second kappa shape index (κ2) is 60.3. The van der Waals surface area contributed by atoms with E-state index in [1.165, 1.54) is 135 Å². The van der Waals surface area contributed by atoms with Crippen LogP contribution in [0.5, 0.6) is 0 Å². The van der Waals surface area contributed by atoms with Crippen LogP contribution in [0.2, 0.25) is 0 Å². The molecular formula is C66H119O11P. The summed E-state index contributed by atoms with van der Waals surface area (Å²) in [4.78, 5) is 48.7. The Labute approximate surface area is 478 Å². The number of carbonyl (C=O) groups excluding carboxylic acids is 3. The fourth-order valence-corrected chi connectivity index (χ4v) is 9.83. The zero-order valence-electron chi connectivity index (χ0n) is 50.4. The molecule has 0 aromatic carbocycles. The molecule has 0 spiro atoms. The second-order valence-corrected chi connectivity index (χ2v) is 23.0. The summed E-state index contributed by atoms with van der Waals surface area (Å²) >= 11 is 0. The van der Waals surface area contributed by atoms with Gasteiger partial charge in [-0.3, -0.25) is 23.4 Å². The highest BCUT2D eigenvalue weighted by Crippen LogP contribution is 2.43. The first-order valence-corrected chi connectivity index (χ1v) is 33.7. The molecule has 0 aromatic heterocycles. The summed E-state index contributed by atoms with van der Waals surface area (Å²) in [5.74, 6) is -1.48. The van der Waals surface area contributed by atoms with Gasteiger partial charge in [-0.15, -0.1) is 0 Å². The van der Waals surface area contributed by atoms with E-state index >= 15 is 0 Å². The Kier molecular flexibility index (Phi) is 58.1. The Bertz CT molecular complexity index is 1540. The SMILES string of the molecule is CC/C=C\C/C=C\C/C=C\C/C=C\CCCCCCC(=O)OCC(COP(=O)(O)OCC(CO)OC(=O)CCCCCCC/C=C\CCCCCCCC)OC(=O)CCCCCCCCCCCCCCCCCCCCC. The molecule has 3 atom stereocenters. The van der Waals surface area contributed by atoms with Gasteiger partial charge in [0.25, 0.3) is 0 Å². The van der Waals surface area contributed by atoms with Crippen LogP contribution in [-0.4, -0.2) is 66.5 Å². The van der Waals surface area contributed by atoms with Crippen molar-refractivity contribution in [2.75, 3.05) is 26.4 Å². The van der Waals surface area contributed by atoms with Crippen molar-refractivity contribution in [3.05, 3.63) is 60.8 Å². The predicted molar refractivity (Wildman–Crippen MR) is 325 cm³/mol. The molecule has 3 unspecified atom stereocenters. The third-order valence-electron chi connectivity index (χ3n) is 13.9. The molecule has 0 amide bonds. The van der Waals surface area contributed by atoms with Crippen molar-refractivity contribution in [2.45, 2.75) is 315 Å². The number of phosphoric ester groups is 1. The standard InChI is InChI=1S/C66H119O11P/c1-4-7-10-13-16-19-22-25-28-30-31-33-36-39-42-45-48-51-54-57-66(70)77-63(59-73-64(68)55-52-49-46-43-40-37-35-32-29-26-23-20-17-14-11-8-5-2)61-75-78(71,72)74-60-62(58-67)76-65(69)56-53-50-47-44-41-38-34-27-24-21-18-15-12-9-6-3/h8,11,17,20,26-27,29,34-35,37,62-63,67H,4-7,9-10,12-16,18-19,21-25,28,30-33,36,38-61H2,1-3H3,(H,71,72)/b11-8-,20-17-,29-26-,34-27-,37-35-. The van der Waals surface area contributed by atoms with Gasteiger partial charge in [-0.05, 0) is 83.5 Å². The van der Waals surface area contributed by atoms with Crippen molar-refractivity contribution in [2.24, 2.45) is 0 Å². The van der Waals surface area contributed by atoms with Crippen LogP contribution in [-0.2, 0) is 42.2 Å². The maximum Gasteiger partial charge on any atom is 0.472 e. The number of hydrogen-bond donors (Lipinski definition) is 2. The molecule has 0 rings (SSSR count). The summed E-state index contributed by atoms with van der Waals surface area (Å²) in [6.07, 6.45) is 67.4. The molecule has 0 heterocycles. The summed E-state index contributed by atoms with van der Waals surface area (Å²) in [6, 6.07) is 0. The van der Waals surface area contributed by atoms with Crippen LogP contribution in [0.25, 0.3) is 0 Å². The molecule has 0 bridgehead atoms. The van der Waals surface area contributed by atoms with Crippen molar-refractivity contribution in [1.29, 1.82) is 0 Å². The number of carbonyl (C=O) groups is 3. The fraction of sp³-hybridized carbons (Fsp3) is 0.803. The molecule has 2 N–H and O–H groups in total. The average Bonchev–Trinajstić information content (AvgIpc) is 3.43. The van der Waals surface area contributed by atoms with E-state index < -0.39 is 57.8 Å². The fourth-order valence-electron chi connectivity index (χ4n) is 9.05. The van der Waals surface area contributed by atoms with Gasteiger partial charge in [0.15, 0.2) is 6.10 Å². The van der Waals surface area contributed by atoms with Gasteiger partial charge in [-0.2, -0.15) is 0 Å². The largest absolute Gasteiger partial charge is 0.472 e.